The summed E-state index contributed by atoms with van der Waals surface area (Å²) in [6, 6.07) is 4.45. The van der Waals surface area contributed by atoms with Gasteiger partial charge in [-0.2, -0.15) is 0 Å². The van der Waals surface area contributed by atoms with Crippen molar-refractivity contribution >= 4 is 29.1 Å². The summed E-state index contributed by atoms with van der Waals surface area (Å²) in [7, 11) is 1.39. The molecule has 0 saturated heterocycles. The molecule has 0 N–H and O–H groups in total. The van der Waals surface area contributed by atoms with Crippen LogP contribution in [0.4, 0.5) is 8.78 Å². The third-order valence-electron chi connectivity index (χ3n) is 2.39. The first-order chi connectivity index (χ1) is 8.99. The average Bonchev–Trinajstić information content (AvgIpc) is 2.37. The second-order valence-corrected chi connectivity index (χ2v) is 4.49. The number of amides is 1. The van der Waals surface area contributed by atoms with Crippen LogP contribution in [-0.2, 0) is 0 Å². The smallest absolute Gasteiger partial charge is 0.257 e. The van der Waals surface area contributed by atoms with Gasteiger partial charge in [0, 0.05) is 17.4 Å². The zero-order valence-corrected chi connectivity index (χ0v) is 11.7. The van der Waals surface area contributed by atoms with Crippen LogP contribution < -0.4 is 4.74 Å². The number of rotatable bonds is 6. The van der Waals surface area contributed by atoms with E-state index in [9.17, 15) is 13.6 Å². The van der Waals surface area contributed by atoms with Crippen LogP contribution in [0.3, 0.4) is 0 Å². The molecule has 0 saturated carbocycles. The molecular formula is C12H13Cl2F2NO2. The lowest BCUT2D eigenvalue weighted by molar-refractivity contribution is 0.0568. The molecule has 1 rings (SSSR count). The summed E-state index contributed by atoms with van der Waals surface area (Å²) < 4.78 is 29.9. The number of carbonyl (C=O) groups is 1. The van der Waals surface area contributed by atoms with Gasteiger partial charge in [0.1, 0.15) is 5.75 Å². The van der Waals surface area contributed by atoms with Gasteiger partial charge < -0.3 is 9.64 Å². The molecule has 0 aliphatic rings. The molecule has 0 heterocycles. The van der Waals surface area contributed by atoms with Crippen LogP contribution in [0.2, 0.25) is 5.02 Å². The second-order valence-electron chi connectivity index (χ2n) is 3.68. The summed E-state index contributed by atoms with van der Waals surface area (Å²) in [5.41, 5.74) is 0.140. The lowest BCUT2D eigenvalue weighted by atomic mass is 10.1. The number of alkyl halides is 3. The van der Waals surface area contributed by atoms with E-state index in [4.69, 9.17) is 27.9 Å². The van der Waals surface area contributed by atoms with Gasteiger partial charge in [-0.05, 0) is 18.2 Å². The number of hydrogen-bond donors (Lipinski definition) is 0. The van der Waals surface area contributed by atoms with Crippen molar-refractivity contribution in [3.05, 3.63) is 28.8 Å². The van der Waals surface area contributed by atoms with E-state index < -0.39 is 18.9 Å². The lowest BCUT2D eigenvalue weighted by Gasteiger charge is -2.22. The molecule has 3 nitrogen and oxygen atoms in total. The Morgan fingerprint density at radius 2 is 2.16 bits per heavy atom. The number of methoxy groups -OCH3 is 1. The van der Waals surface area contributed by atoms with Crippen molar-refractivity contribution in [2.24, 2.45) is 0 Å². The standard InChI is InChI=1S/C12H13Cl2F2NO2/c1-19-10-3-2-8(14)6-9(10)12(18)17(5-4-13)7-11(15)16/h2-3,6,11H,4-5,7H2,1H3. The molecule has 0 aliphatic carbocycles. The fourth-order valence-corrected chi connectivity index (χ4v) is 1.94. The third kappa shape index (κ3) is 4.51. The Hall–Kier alpha value is -1.07. The van der Waals surface area contributed by atoms with Gasteiger partial charge >= 0.3 is 0 Å². The number of halogens is 4. The van der Waals surface area contributed by atoms with E-state index in [-0.39, 0.29) is 23.7 Å². The van der Waals surface area contributed by atoms with Crippen LogP contribution in [-0.4, -0.2) is 43.3 Å². The van der Waals surface area contributed by atoms with Crippen molar-refractivity contribution in [3.8, 4) is 5.75 Å². The maximum absolute atomic E-state index is 12.5. The van der Waals surface area contributed by atoms with E-state index in [1.165, 1.54) is 19.2 Å². The highest BCUT2D eigenvalue weighted by Crippen LogP contribution is 2.24. The molecule has 0 radical (unpaired) electrons. The van der Waals surface area contributed by atoms with Crippen molar-refractivity contribution < 1.29 is 18.3 Å². The molecule has 0 bridgehead atoms. The first-order valence-electron chi connectivity index (χ1n) is 5.46. The Morgan fingerprint density at radius 3 is 2.68 bits per heavy atom. The zero-order valence-electron chi connectivity index (χ0n) is 10.2. The van der Waals surface area contributed by atoms with Gasteiger partial charge in [-0.25, -0.2) is 8.78 Å². The Kier molecular flexibility index (Phi) is 6.31. The van der Waals surface area contributed by atoms with Gasteiger partial charge in [0.05, 0.1) is 19.2 Å². The number of benzene rings is 1. The minimum absolute atomic E-state index is 0.0282. The Bertz CT molecular complexity index is 444. The Labute approximate surface area is 120 Å². The van der Waals surface area contributed by atoms with Crippen molar-refractivity contribution in [2.75, 3.05) is 26.1 Å². The average molecular weight is 312 g/mol. The van der Waals surface area contributed by atoms with Crippen molar-refractivity contribution in [1.82, 2.24) is 4.90 Å². The molecule has 0 atom stereocenters. The molecule has 0 unspecified atom stereocenters. The monoisotopic (exact) mass is 311 g/mol. The molecule has 106 valence electrons. The summed E-state index contributed by atoms with van der Waals surface area (Å²) in [5, 5.41) is 0.326. The van der Waals surface area contributed by atoms with Gasteiger partial charge in [0.15, 0.2) is 0 Å². The van der Waals surface area contributed by atoms with Gasteiger partial charge in [-0.1, -0.05) is 11.6 Å². The van der Waals surface area contributed by atoms with E-state index in [1.54, 1.807) is 6.07 Å². The van der Waals surface area contributed by atoms with Crippen LogP contribution in [0.5, 0.6) is 5.75 Å². The molecule has 0 fully saturated rings. The molecule has 7 heteroatoms. The van der Waals surface area contributed by atoms with Crippen LogP contribution in [0.25, 0.3) is 0 Å². The molecule has 0 aromatic heterocycles. The minimum Gasteiger partial charge on any atom is -0.496 e. The van der Waals surface area contributed by atoms with Gasteiger partial charge in [0.25, 0.3) is 12.3 Å². The molecule has 19 heavy (non-hydrogen) atoms. The van der Waals surface area contributed by atoms with E-state index >= 15 is 0 Å². The SMILES string of the molecule is COc1ccc(Cl)cc1C(=O)N(CCCl)CC(F)F. The fourth-order valence-electron chi connectivity index (χ4n) is 1.56. The number of ether oxygens (including phenoxy) is 1. The summed E-state index contributed by atoms with van der Waals surface area (Å²) in [5.74, 6) is -0.232. The summed E-state index contributed by atoms with van der Waals surface area (Å²) in [6.07, 6.45) is -2.63. The third-order valence-corrected chi connectivity index (χ3v) is 2.80. The highest BCUT2D eigenvalue weighted by Gasteiger charge is 2.22. The van der Waals surface area contributed by atoms with Crippen molar-refractivity contribution in [2.45, 2.75) is 6.43 Å². The highest BCUT2D eigenvalue weighted by molar-refractivity contribution is 6.31. The first-order valence-corrected chi connectivity index (χ1v) is 6.37. The van der Waals surface area contributed by atoms with E-state index in [0.29, 0.717) is 5.02 Å². The van der Waals surface area contributed by atoms with Crippen LogP contribution in [0, 0.1) is 0 Å². The molecular weight excluding hydrogens is 299 g/mol. The van der Waals surface area contributed by atoms with E-state index in [0.717, 1.165) is 4.90 Å². The molecule has 1 aromatic rings. The minimum atomic E-state index is -2.63. The molecule has 1 amide bonds. The molecule has 0 aliphatic heterocycles. The maximum atomic E-state index is 12.5. The second kappa shape index (κ2) is 7.50. The number of nitrogens with zero attached hydrogens (tertiary/aromatic N) is 1. The predicted molar refractivity (Wildman–Crippen MR) is 70.6 cm³/mol. The molecule has 1 aromatic carbocycles. The van der Waals surface area contributed by atoms with Crippen LogP contribution >= 0.6 is 23.2 Å². The summed E-state index contributed by atoms with van der Waals surface area (Å²) in [4.78, 5) is 13.2. The zero-order chi connectivity index (χ0) is 14.4. The molecule has 0 spiro atoms. The van der Waals surface area contributed by atoms with E-state index in [1.807, 2.05) is 0 Å². The van der Waals surface area contributed by atoms with Gasteiger partial charge in [0.2, 0.25) is 0 Å². The first kappa shape index (κ1) is 16.0. The number of hydrogen-bond acceptors (Lipinski definition) is 2. The quantitative estimate of drug-likeness (QED) is 0.754. The topological polar surface area (TPSA) is 29.5 Å². The maximum Gasteiger partial charge on any atom is 0.257 e. The summed E-state index contributed by atoms with van der Waals surface area (Å²) in [6.45, 7) is -0.651. The van der Waals surface area contributed by atoms with Crippen molar-refractivity contribution in [3.63, 3.8) is 0 Å². The van der Waals surface area contributed by atoms with Crippen LogP contribution in [0.15, 0.2) is 18.2 Å². The van der Waals surface area contributed by atoms with Gasteiger partial charge in [-0.3, -0.25) is 4.79 Å². The van der Waals surface area contributed by atoms with Crippen LogP contribution in [0.1, 0.15) is 10.4 Å². The Morgan fingerprint density at radius 1 is 1.47 bits per heavy atom. The Balaban J connectivity index is 3.04. The largest absolute Gasteiger partial charge is 0.496 e. The number of carbonyl (C=O) groups excluding carboxylic acids is 1. The summed E-state index contributed by atoms with van der Waals surface area (Å²) >= 11 is 11.3. The lowest BCUT2D eigenvalue weighted by Crippen LogP contribution is -2.36. The predicted octanol–water partition coefficient (Wildman–Crippen LogP) is 3.29. The normalized spacial score (nSPS) is 10.6. The van der Waals surface area contributed by atoms with Crippen molar-refractivity contribution in [1.29, 1.82) is 0 Å². The fraction of sp³-hybridized carbons (Fsp3) is 0.417. The van der Waals surface area contributed by atoms with Gasteiger partial charge in [-0.15, -0.1) is 11.6 Å². The highest BCUT2D eigenvalue weighted by atomic mass is 35.5. The van der Waals surface area contributed by atoms with E-state index in [2.05, 4.69) is 0 Å².